The van der Waals surface area contributed by atoms with E-state index in [2.05, 4.69) is 20.4 Å². The highest BCUT2D eigenvalue weighted by Crippen LogP contribution is 2.19. The molecule has 116 valence electrons. The highest BCUT2D eigenvalue weighted by molar-refractivity contribution is 5.94. The summed E-state index contributed by atoms with van der Waals surface area (Å²) in [4.78, 5) is 20.6. The summed E-state index contributed by atoms with van der Waals surface area (Å²) < 4.78 is 7.15. The van der Waals surface area contributed by atoms with Gasteiger partial charge in [0.25, 0.3) is 0 Å². The number of esters is 1. The van der Waals surface area contributed by atoms with Crippen molar-refractivity contribution >= 4 is 11.8 Å². The minimum absolute atomic E-state index is 0.159. The standard InChI is InChI=1S/C15H19N5O2/c1-10(2)22-15(21)12-4-3-7-16-14(12)19-11-5-6-13-17-9-18-20(13)8-11/h3-4,7,9-11H,5-6,8H2,1-2H3,(H,16,19). The summed E-state index contributed by atoms with van der Waals surface area (Å²) in [6, 6.07) is 3.62. The number of ether oxygens (including phenoxy) is 1. The Morgan fingerprint density at radius 2 is 2.32 bits per heavy atom. The van der Waals surface area contributed by atoms with Crippen LogP contribution in [0.5, 0.6) is 0 Å². The smallest absolute Gasteiger partial charge is 0.342 e. The van der Waals surface area contributed by atoms with Crippen LogP contribution in [0.25, 0.3) is 0 Å². The van der Waals surface area contributed by atoms with Gasteiger partial charge in [-0.15, -0.1) is 0 Å². The van der Waals surface area contributed by atoms with Gasteiger partial charge in [-0.3, -0.25) is 0 Å². The van der Waals surface area contributed by atoms with E-state index in [4.69, 9.17) is 4.74 Å². The highest BCUT2D eigenvalue weighted by atomic mass is 16.5. The summed E-state index contributed by atoms with van der Waals surface area (Å²) in [5.41, 5.74) is 0.459. The fourth-order valence-electron chi connectivity index (χ4n) is 2.51. The number of nitrogens with one attached hydrogen (secondary N) is 1. The lowest BCUT2D eigenvalue weighted by atomic mass is 10.1. The first-order valence-electron chi connectivity index (χ1n) is 7.42. The Balaban J connectivity index is 1.74. The van der Waals surface area contributed by atoms with Crippen molar-refractivity contribution in [2.75, 3.05) is 5.32 Å². The summed E-state index contributed by atoms with van der Waals surface area (Å²) in [6.07, 6.45) is 4.86. The second-order valence-corrected chi connectivity index (χ2v) is 5.59. The van der Waals surface area contributed by atoms with Gasteiger partial charge in [-0.1, -0.05) is 0 Å². The van der Waals surface area contributed by atoms with Gasteiger partial charge in [-0.2, -0.15) is 5.10 Å². The summed E-state index contributed by atoms with van der Waals surface area (Å²) >= 11 is 0. The number of aromatic nitrogens is 4. The molecule has 0 bridgehead atoms. The zero-order chi connectivity index (χ0) is 15.5. The van der Waals surface area contributed by atoms with E-state index in [1.54, 1.807) is 24.7 Å². The molecule has 0 aromatic carbocycles. The van der Waals surface area contributed by atoms with E-state index in [9.17, 15) is 4.79 Å². The summed E-state index contributed by atoms with van der Waals surface area (Å²) in [7, 11) is 0. The number of carbonyl (C=O) groups is 1. The first-order valence-corrected chi connectivity index (χ1v) is 7.42. The average molecular weight is 301 g/mol. The Morgan fingerprint density at radius 1 is 1.45 bits per heavy atom. The fraction of sp³-hybridized carbons (Fsp3) is 0.467. The third kappa shape index (κ3) is 3.08. The molecule has 22 heavy (non-hydrogen) atoms. The van der Waals surface area contributed by atoms with Crippen LogP contribution in [0.1, 0.15) is 36.5 Å². The summed E-state index contributed by atoms with van der Waals surface area (Å²) in [6.45, 7) is 4.37. The van der Waals surface area contributed by atoms with E-state index in [1.807, 2.05) is 18.5 Å². The maximum absolute atomic E-state index is 12.1. The number of pyridine rings is 1. The molecule has 1 atom stereocenters. The van der Waals surface area contributed by atoms with Crippen LogP contribution in [0, 0.1) is 0 Å². The van der Waals surface area contributed by atoms with Crippen LogP contribution < -0.4 is 5.32 Å². The van der Waals surface area contributed by atoms with Crippen molar-refractivity contribution in [1.29, 1.82) is 0 Å². The first-order chi connectivity index (χ1) is 10.6. The number of rotatable bonds is 4. The van der Waals surface area contributed by atoms with Crippen LogP contribution >= 0.6 is 0 Å². The Labute approximate surface area is 128 Å². The van der Waals surface area contributed by atoms with Crippen molar-refractivity contribution in [1.82, 2.24) is 19.7 Å². The second-order valence-electron chi connectivity index (χ2n) is 5.59. The van der Waals surface area contributed by atoms with Crippen molar-refractivity contribution in [2.45, 2.75) is 45.4 Å². The molecule has 0 aliphatic carbocycles. The number of nitrogens with zero attached hydrogens (tertiary/aromatic N) is 4. The molecule has 0 radical (unpaired) electrons. The van der Waals surface area contributed by atoms with E-state index in [0.29, 0.717) is 17.9 Å². The number of hydrogen-bond acceptors (Lipinski definition) is 6. The van der Waals surface area contributed by atoms with Gasteiger partial charge in [0, 0.05) is 18.7 Å². The lowest BCUT2D eigenvalue weighted by molar-refractivity contribution is 0.0378. The maximum Gasteiger partial charge on any atom is 0.342 e. The molecule has 0 fully saturated rings. The first kappa shape index (κ1) is 14.5. The minimum atomic E-state index is -0.358. The van der Waals surface area contributed by atoms with Gasteiger partial charge in [0.05, 0.1) is 12.6 Å². The number of aryl methyl sites for hydroxylation is 1. The molecule has 2 aromatic heterocycles. The predicted octanol–water partition coefficient (Wildman–Crippen LogP) is 1.67. The monoisotopic (exact) mass is 301 g/mol. The van der Waals surface area contributed by atoms with Gasteiger partial charge < -0.3 is 10.1 Å². The van der Waals surface area contributed by atoms with Crippen molar-refractivity contribution in [3.8, 4) is 0 Å². The molecule has 1 N–H and O–H groups in total. The number of carbonyl (C=O) groups excluding carboxylic acids is 1. The molecular formula is C15H19N5O2. The molecule has 1 unspecified atom stereocenters. The molecule has 3 rings (SSSR count). The van der Waals surface area contributed by atoms with E-state index < -0.39 is 0 Å². The fourth-order valence-corrected chi connectivity index (χ4v) is 2.51. The lowest BCUT2D eigenvalue weighted by Gasteiger charge is -2.24. The maximum atomic E-state index is 12.1. The molecule has 1 aliphatic heterocycles. The van der Waals surface area contributed by atoms with Gasteiger partial charge in [-0.05, 0) is 32.4 Å². The zero-order valence-electron chi connectivity index (χ0n) is 12.7. The Morgan fingerprint density at radius 3 is 3.14 bits per heavy atom. The average Bonchev–Trinajstić information content (AvgIpc) is 2.94. The number of hydrogen-bond donors (Lipinski definition) is 1. The van der Waals surface area contributed by atoms with Crippen LogP contribution in [0.4, 0.5) is 5.82 Å². The third-order valence-corrected chi connectivity index (χ3v) is 3.52. The summed E-state index contributed by atoms with van der Waals surface area (Å²) in [5, 5.41) is 7.53. The Hall–Kier alpha value is -2.44. The number of fused-ring (bicyclic) bond motifs is 1. The quantitative estimate of drug-likeness (QED) is 0.865. The molecular weight excluding hydrogens is 282 g/mol. The van der Waals surface area contributed by atoms with Crippen molar-refractivity contribution in [3.63, 3.8) is 0 Å². The van der Waals surface area contributed by atoms with E-state index >= 15 is 0 Å². The molecule has 3 heterocycles. The van der Waals surface area contributed by atoms with Gasteiger partial charge in [0.15, 0.2) is 0 Å². The Bertz CT molecular complexity index is 667. The van der Waals surface area contributed by atoms with Crippen LogP contribution in [-0.2, 0) is 17.7 Å². The molecule has 0 saturated carbocycles. The third-order valence-electron chi connectivity index (χ3n) is 3.52. The highest BCUT2D eigenvalue weighted by Gasteiger charge is 2.22. The van der Waals surface area contributed by atoms with E-state index in [-0.39, 0.29) is 18.1 Å². The van der Waals surface area contributed by atoms with Crippen molar-refractivity contribution < 1.29 is 9.53 Å². The van der Waals surface area contributed by atoms with Crippen LogP contribution in [-0.4, -0.2) is 37.9 Å². The number of anilines is 1. The van der Waals surface area contributed by atoms with E-state index in [1.165, 1.54) is 0 Å². The molecule has 0 amide bonds. The Kier molecular flexibility index (Phi) is 4.04. The van der Waals surface area contributed by atoms with Gasteiger partial charge >= 0.3 is 5.97 Å². The second kappa shape index (κ2) is 6.13. The molecule has 7 nitrogen and oxygen atoms in total. The zero-order valence-corrected chi connectivity index (χ0v) is 12.7. The van der Waals surface area contributed by atoms with Crippen LogP contribution in [0.15, 0.2) is 24.7 Å². The van der Waals surface area contributed by atoms with Crippen LogP contribution in [0.2, 0.25) is 0 Å². The molecule has 7 heteroatoms. The molecule has 2 aromatic rings. The van der Waals surface area contributed by atoms with Crippen LogP contribution in [0.3, 0.4) is 0 Å². The topological polar surface area (TPSA) is 81.9 Å². The predicted molar refractivity (Wildman–Crippen MR) is 80.5 cm³/mol. The van der Waals surface area contributed by atoms with Crippen molar-refractivity contribution in [3.05, 3.63) is 36.0 Å². The molecule has 1 aliphatic rings. The largest absolute Gasteiger partial charge is 0.459 e. The van der Waals surface area contributed by atoms with E-state index in [0.717, 1.165) is 18.7 Å². The normalized spacial score (nSPS) is 17.1. The SMILES string of the molecule is CC(C)OC(=O)c1cccnc1NC1CCc2ncnn2C1. The molecule has 0 saturated heterocycles. The molecule has 0 spiro atoms. The lowest BCUT2D eigenvalue weighted by Crippen LogP contribution is -2.33. The van der Waals surface area contributed by atoms with Gasteiger partial charge in [-0.25, -0.2) is 19.4 Å². The summed E-state index contributed by atoms with van der Waals surface area (Å²) in [5.74, 6) is 1.20. The minimum Gasteiger partial charge on any atom is -0.459 e. The van der Waals surface area contributed by atoms with Crippen molar-refractivity contribution in [2.24, 2.45) is 0 Å². The van der Waals surface area contributed by atoms with Gasteiger partial charge in [0.2, 0.25) is 0 Å². The van der Waals surface area contributed by atoms with Gasteiger partial charge in [0.1, 0.15) is 23.5 Å².